The smallest absolute Gasteiger partial charge is 0.225 e. The average Bonchev–Trinajstić information content (AvgIpc) is 2.73. The van der Waals surface area contributed by atoms with Crippen molar-refractivity contribution >= 4 is 5.91 Å². The van der Waals surface area contributed by atoms with Gasteiger partial charge in [-0.3, -0.25) is 9.69 Å². The number of piperazine rings is 1. The number of ether oxygens (including phenoxy) is 1. The van der Waals surface area contributed by atoms with Crippen LogP contribution in [0.3, 0.4) is 0 Å². The molecule has 2 heterocycles. The Morgan fingerprint density at radius 2 is 1.95 bits per heavy atom. The van der Waals surface area contributed by atoms with Gasteiger partial charge in [0.15, 0.2) is 0 Å². The summed E-state index contributed by atoms with van der Waals surface area (Å²) in [6.45, 7) is 10.1. The fraction of sp³-hybridized carbons (Fsp3) is 0.929. The van der Waals surface area contributed by atoms with E-state index in [1.54, 1.807) is 0 Å². The van der Waals surface area contributed by atoms with Gasteiger partial charge in [-0.2, -0.15) is 0 Å². The molecule has 0 spiro atoms. The van der Waals surface area contributed by atoms with E-state index in [2.05, 4.69) is 23.8 Å². The quantitative estimate of drug-likeness (QED) is 0.693. The molecule has 0 aromatic rings. The summed E-state index contributed by atoms with van der Waals surface area (Å²) in [6.07, 6.45) is 1.72. The molecule has 0 aliphatic carbocycles. The Hall–Kier alpha value is -0.650. The zero-order valence-corrected chi connectivity index (χ0v) is 12.3. The lowest BCUT2D eigenvalue weighted by Gasteiger charge is -2.32. The normalized spacial score (nSPS) is 26.3. The molecule has 1 amide bonds. The van der Waals surface area contributed by atoms with Gasteiger partial charge in [-0.25, -0.2) is 0 Å². The predicted octanol–water partition coefficient (Wildman–Crippen LogP) is 0.261. The van der Waals surface area contributed by atoms with Crippen LogP contribution >= 0.6 is 0 Å². The van der Waals surface area contributed by atoms with Crippen LogP contribution in [0.1, 0.15) is 19.8 Å². The van der Waals surface area contributed by atoms with Crippen molar-refractivity contribution < 1.29 is 9.53 Å². The van der Waals surface area contributed by atoms with E-state index in [1.165, 1.54) is 0 Å². The molecule has 2 fully saturated rings. The first kappa shape index (κ1) is 14.8. The van der Waals surface area contributed by atoms with Gasteiger partial charge in [-0.15, -0.1) is 0 Å². The van der Waals surface area contributed by atoms with Crippen LogP contribution in [0.25, 0.3) is 0 Å². The van der Waals surface area contributed by atoms with E-state index in [4.69, 9.17) is 4.74 Å². The van der Waals surface area contributed by atoms with Crippen molar-refractivity contribution in [3.63, 3.8) is 0 Å². The van der Waals surface area contributed by atoms with Crippen molar-refractivity contribution in [1.82, 2.24) is 14.7 Å². The minimum atomic E-state index is 0.117. The Morgan fingerprint density at radius 3 is 2.63 bits per heavy atom. The summed E-state index contributed by atoms with van der Waals surface area (Å²) in [4.78, 5) is 18.4. The molecule has 0 aromatic heterocycles. The SMILES string of the molecule is CCCN1CC(OCCN2CCN(C)CC2)CC1=O. The number of carbonyl (C=O) groups excluding carboxylic acids is 1. The van der Waals surface area contributed by atoms with E-state index in [0.717, 1.165) is 58.8 Å². The fourth-order valence-electron chi connectivity index (χ4n) is 2.75. The highest BCUT2D eigenvalue weighted by Gasteiger charge is 2.29. The third kappa shape index (κ3) is 4.44. The molecule has 1 unspecified atom stereocenters. The van der Waals surface area contributed by atoms with Crippen molar-refractivity contribution in [3.8, 4) is 0 Å². The van der Waals surface area contributed by atoms with Crippen LogP contribution in [-0.4, -0.2) is 86.2 Å². The lowest BCUT2D eigenvalue weighted by Crippen LogP contribution is -2.45. The molecule has 0 aromatic carbocycles. The van der Waals surface area contributed by atoms with Crippen LogP contribution in [0, 0.1) is 0 Å². The maximum absolute atomic E-state index is 11.7. The molecular weight excluding hydrogens is 242 g/mol. The van der Waals surface area contributed by atoms with E-state index in [1.807, 2.05) is 4.90 Å². The molecule has 2 rings (SSSR count). The van der Waals surface area contributed by atoms with E-state index in [9.17, 15) is 4.79 Å². The van der Waals surface area contributed by atoms with E-state index < -0.39 is 0 Å². The second-order valence-corrected chi connectivity index (χ2v) is 5.68. The summed E-state index contributed by atoms with van der Waals surface area (Å²) in [7, 11) is 2.17. The van der Waals surface area contributed by atoms with Gasteiger partial charge in [0.1, 0.15) is 0 Å². The first-order chi connectivity index (χ1) is 9.19. The number of nitrogens with zero attached hydrogens (tertiary/aromatic N) is 3. The predicted molar refractivity (Wildman–Crippen MR) is 75.2 cm³/mol. The molecule has 110 valence electrons. The topological polar surface area (TPSA) is 36.0 Å². The molecule has 0 saturated carbocycles. The molecule has 0 bridgehead atoms. The highest BCUT2D eigenvalue weighted by atomic mass is 16.5. The monoisotopic (exact) mass is 269 g/mol. The van der Waals surface area contributed by atoms with Gasteiger partial charge in [0, 0.05) is 45.8 Å². The first-order valence-electron chi connectivity index (χ1n) is 7.49. The molecule has 5 heteroatoms. The molecule has 1 atom stereocenters. The van der Waals surface area contributed by atoms with Gasteiger partial charge in [0.05, 0.1) is 19.1 Å². The van der Waals surface area contributed by atoms with Crippen LogP contribution in [0.2, 0.25) is 0 Å². The molecule has 2 saturated heterocycles. The fourth-order valence-corrected chi connectivity index (χ4v) is 2.75. The lowest BCUT2D eigenvalue weighted by molar-refractivity contribution is -0.127. The Bertz CT molecular complexity index is 290. The molecule has 0 N–H and O–H groups in total. The molecule has 2 aliphatic heterocycles. The van der Waals surface area contributed by atoms with E-state index >= 15 is 0 Å². The van der Waals surface area contributed by atoms with Crippen LogP contribution in [0.5, 0.6) is 0 Å². The maximum Gasteiger partial charge on any atom is 0.225 e. The van der Waals surface area contributed by atoms with Crippen molar-refractivity contribution in [2.45, 2.75) is 25.9 Å². The third-order valence-corrected chi connectivity index (χ3v) is 4.03. The van der Waals surface area contributed by atoms with Gasteiger partial charge >= 0.3 is 0 Å². The Morgan fingerprint density at radius 1 is 1.21 bits per heavy atom. The third-order valence-electron chi connectivity index (χ3n) is 4.03. The van der Waals surface area contributed by atoms with Crippen molar-refractivity contribution in [2.24, 2.45) is 0 Å². The minimum absolute atomic E-state index is 0.117. The van der Waals surface area contributed by atoms with E-state index in [0.29, 0.717) is 6.42 Å². The number of carbonyl (C=O) groups is 1. The maximum atomic E-state index is 11.7. The highest BCUT2D eigenvalue weighted by Crippen LogP contribution is 2.14. The highest BCUT2D eigenvalue weighted by molar-refractivity contribution is 5.79. The van der Waals surface area contributed by atoms with E-state index in [-0.39, 0.29) is 12.0 Å². The number of hydrogen-bond acceptors (Lipinski definition) is 4. The van der Waals surface area contributed by atoms with Crippen LogP contribution in [-0.2, 0) is 9.53 Å². The Balaban J connectivity index is 1.60. The lowest BCUT2D eigenvalue weighted by atomic mass is 10.3. The van der Waals surface area contributed by atoms with Crippen molar-refractivity contribution in [3.05, 3.63) is 0 Å². The Labute approximate surface area is 116 Å². The molecule has 5 nitrogen and oxygen atoms in total. The summed E-state index contributed by atoms with van der Waals surface area (Å²) >= 11 is 0. The van der Waals surface area contributed by atoms with Gasteiger partial charge in [0.2, 0.25) is 5.91 Å². The standard InChI is InChI=1S/C14H27N3O2/c1-3-4-17-12-13(11-14(17)18)19-10-9-16-7-5-15(2)6-8-16/h13H,3-12H2,1-2H3. The largest absolute Gasteiger partial charge is 0.375 e. The van der Waals surface area contributed by atoms with Crippen molar-refractivity contribution in [2.75, 3.05) is 59.5 Å². The van der Waals surface area contributed by atoms with Gasteiger partial charge < -0.3 is 14.5 Å². The molecule has 19 heavy (non-hydrogen) atoms. The number of rotatable bonds is 6. The van der Waals surface area contributed by atoms with Crippen LogP contribution in [0.15, 0.2) is 0 Å². The number of amides is 1. The molecular formula is C14H27N3O2. The second kappa shape index (κ2) is 7.22. The summed E-state index contributed by atoms with van der Waals surface area (Å²) in [5, 5.41) is 0. The van der Waals surface area contributed by atoms with Crippen LogP contribution in [0.4, 0.5) is 0 Å². The van der Waals surface area contributed by atoms with Gasteiger partial charge in [-0.1, -0.05) is 6.92 Å². The average molecular weight is 269 g/mol. The second-order valence-electron chi connectivity index (χ2n) is 5.68. The number of likely N-dealkylation sites (tertiary alicyclic amines) is 1. The zero-order valence-electron chi connectivity index (χ0n) is 12.3. The molecule has 2 aliphatic rings. The molecule has 0 radical (unpaired) electrons. The summed E-state index contributed by atoms with van der Waals surface area (Å²) in [6, 6.07) is 0. The number of likely N-dealkylation sites (N-methyl/N-ethyl adjacent to an activating group) is 1. The Kier molecular flexibility index (Phi) is 5.60. The van der Waals surface area contributed by atoms with Crippen molar-refractivity contribution in [1.29, 1.82) is 0 Å². The zero-order chi connectivity index (χ0) is 13.7. The summed E-state index contributed by atoms with van der Waals surface area (Å²) < 4.78 is 5.86. The minimum Gasteiger partial charge on any atom is -0.375 e. The summed E-state index contributed by atoms with van der Waals surface area (Å²) in [5.41, 5.74) is 0. The van der Waals surface area contributed by atoms with Gasteiger partial charge in [0.25, 0.3) is 0 Å². The van der Waals surface area contributed by atoms with Crippen LogP contribution < -0.4 is 0 Å². The first-order valence-corrected chi connectivity index (χ1v) is 7.49. The van der Waals surface area contributed by atoms with Gasteiger partial charge in [-0.05, 0) is 13.5 Å². The summed E-state index contributed by atoms with van der Waals surface area (Å²) in [5.74, 6) is 0.256. The number of hydrogen-bond donors (Lipinski definition) is 0.